The lowest BCUT2D eigenvalue weighted by atomic mass is 10.0. The van der Waals surface area contributed by atoms with E-state index < -0.39 is 0 Å². The first-order valence-electron chi connectivity index (χ1n) is 12.1. The molecule has 5 rings (SSSR count). The molecule has 0 radical (unpaired) electrons. The topological polar surface area (TPSA) is 91.1 Å². The van der Waals surface area contributed by atoms with Crippen molar-refractivity contribution >= 4 is 40.0 Å². The van der Waals surface area contributed by atoms with E-state index in [1.807, 2.05) is 56.4 Å². The van der Waals surface area contributed by atoms with Crippen LogP contribution in [0.4, 0.5) is 26.7 Å². The van der Waals surface area contributed by atoms with E-state index in [0.717, 1.165) is 59.2 Å². The van der Waals surface area contributed by atoms with Gasteiger partial charge >= 0.3 is 12.1 Å². The number of benzene rings is 3. The number of ether oxygens (including phenoxy) is 1. The van der Waals surface area contributed by atoms with Crippen molar-refractivity contribution in [3.05, 3.63) is 59.7 Å². The summed E-state index contributed by atoms with van der Waals surface area (Å²) in [6.07, 6.45) is 1.14. The number of likely N-dealkylation sites (N-methyl/N-ethyl adjacent to an activating group) is 1. The fourth-order valence-corrected chi connectivity index (χ4v) is 4.89. The van der Waals surface area contributed by atoms with Gasteiger partial charge in [-0.1, -0.05) is 31.2 Å². The minimum atomic E-state index is -0.355. The number of amides is 3. The molecule has 8 nitrogen and oxygen atoms in total. The number of carbonyl (C=O) groups excluding carboxylic acids is 2. The highest BCUT2D eigenvalue weighted by Gasteiger charge is 2.29. The molecule has 0 saturated carbocycles. The van der Waals surface area contributed by atoms with E-state index in [4.69, 9.17) is 10.5 Å². The van der Waals surface area contributed by atoms with Gasteiger partial charge in [0.2, 0.25) is 0 Å². The second-order valence-corrected chi connectivity index (χ2v) is 9.18. The number of nitrogens with one attached hydrogen (secondary N) is 1. The molecule has 0 aromatic heterocycles. The first-order valence-corrected chi connectivity index (χ1v) is 12.1. The molecule has 1 fully saturated rings. The second-order valence-electron chi connectivity index (χ2n) is 9.18. The van der Waals surface area contributed by atoms with Gasteiger partial charge in [-0.2, -0.15) is 0 Å². The summed E-state index contributed by atoms with van der Waals surface area (Å²) in [7, 11) is 2.05. The molecule has 0 bridgehead atoms. The van der Waals surface area contributed by atoms with Crippen molar-refractivity contribution in [2.75, 3.05) is 55.7 Å². The molecule has 3 amide bonds. The Morgan fingerprint density at radius 3 is 2.49 bits per heavy atom. The summed E-state index contributed by atoms with van der Waals surface area (Å²) in [5.74, 6) is 0.477. The molecule has 3 aromatic rings. The molecule has 2 heterocycles. The van der Waals surface area contributed by atoms with E-state index in [1.165, 1.54) is 0 Å². The maximum absolute atomic E-state index is 13.3. The van der Waals surface area contributed by atoms with Crippen molar-refractivity contribution in [2.24, 2.45) is 0 Å². The van der Waals surface area contributed by atoms with Crippen LogP contribution in [0.15, 0.2) is 48.5 Å². The average molecular weight is 474 g/mol. The van der Waals surface area contributed by atoms with E-state index in [1.54, 1.807) is 15.9 Å². The molecule has 8 heteroatoms. The van der Waals surface area contributed by atoms with E-state index >= 15 is 0 Å². The number of nitrogens with two attached hydrogens (primary N) is 1. The Bertz CT molecular complexity index is 1280. The third-order valence-electron chi connectivity index (χ3n) is 6.93. The largest absolute Gasteiger partial charge is 0.415 e. The number of rotatable bonds is 3. The molecular formula is C27H31N5O3. The molecule has 1 saturated heterocycles. The van der Waals surface area contributed by atoms with Gasteiger partial charge in [-0.05, 0) is 54.6 Å². The summed E-state index contributed by atoms with van der Waals surface area (Å²) in [6.45, 7) is 5.49. The van der Waals surface area contributed by atoms with Crippen molar-refractivity contribution < 1.29 is 14.3 Å². The van der Waals surface area contributed by atoms with Crippen LogP contribution in [0, 0.1) is 0 Å². The van der Waals surface area contributed by atoms with Crippen LogP contribution in [0.25, 0.3) is 10.8 Å². The Labute approximate surface area is 205 Å². The second kappa shape index (κ2) is 9.46. The maximum atomic E-state index is 13.3. The summed E-state index contributed by atoms with van der Waals surface area (Å²) in [5.41, 5.74) is 10.2. The van der Waals surface area contributed by atoms with Gasteiger partial charge in [-0.25, -0.2) is 9.59 Å². The SMILES string of the molecule is CCc1cc(N)ccc1NC(=O)N1CCc2c1cc(OC(=O)N1CCN(C)CC1)c1ccccc21. The van der Waals surface area contributed by atoms with E-state index in [-0.39, 0.29) is 12.1 Å². The lowest BCUT2D eigenvalue weighted by Crippen LogP contribution is -2.48. The number of piperazine rings is 1. The molecule has 0 spiro atoms. The van der Waals surface area contributed by atoms with Crippen molar-refractivity contribution in [3.63, 3.8) is 0 Å². The highest BCUT2D eigenvalue weighted by molar-refractivity contribution is 6.07. The Hall–Kier alpha value is -3.78. The zero-order chi connectivity index (χ0) is 24.5. The summed E-state index contributed by atoms with van der Waals surface area (Å²) < 4.78 is 5.92. The minimum absolute atomic E-state index is 0.213. The highest BCUT2D eigenvalue weighted by Crippen LogP contribution is 2.40. The summed E-state index contributed by atoms with van der Waals surface area (Å²) in [5, 5.41) is 4.93. The molecule has 3 aromatic carbocycles. The molecule has 182 valence electrons. The third kappa shape index (κ3) is 4.49. The Morgan fingerprint density at radius 2 is 1.74 bits per heavy atom. The highest BCUT2D eigenvalue weighted by atomic mass is 16.6. The van der Waals surface area contributed by atoms with Crippen molar-refractivity contribution in [1.82, 2.24) is 9.80 Å². The van der Waals surface area contributed by atoms with Gasteiger partial charge in [0.05, 0.1) is 5.69 Å². The number of fused-ring (bicyclic) bond motifs is 3. The summed E-state index contributed by atoms with van der Waals surface area (Å²) in [6, 6.07) is 15.0. The van der Waals surface area contributed by atoms with Crippen LogP contribution in [0.3, 0.4) is 0 Å². The first kappa shape index (κ1) is 23.0. The van der Waals surface area contributed by atoms with Crippen LogP contribution >= 0.6 is 0 Å². The van der Waals surface area contributed by atoms with Crippen LogP contribution in [0.5, 0.6) is 5.75 Å². The fraction of sp³-hybridized carbons (Fsp3) is 0.333. The van der Waals surface area contributed by atoms with Crippen LogP contribution in [0.2, 0.25) is 0 Å². The number of urea groups is 1. The van der Waals surface area contributed by atoms with Crippen molar-refractivity contribution in [3.8, 4) is 5.75 Å². The fourth-order valence-electron chi connectivity index (χ4n) is 4.89. The number of hydrogen-bond acceptors (Lipinski definition) is 5. The Balaban J connectivity index is 1.45. The number of nitrogens with zero attached hydrogens (tertiary/aromatic N) is 3. The lowest BCUT2D eigenvalue weighted by molar-refractivity contribution is 0.121. The van der Waals surface area contributed by atoms with Crippen LogP contribution in [-0.4, -0.2) is 61.7 Å². The van der Waals surface area contributed by atoms with Gasteiger partial charge in [0.1, 0.15) is 5.75 Å². The van der Waals surface area contributed by atoms with Gasteiger partial charge < -0.3 is 25.6 Å². The zero-order valence-corrected chi connectivity index (χ0v) is 20.2. The zero-order valence-electron chi connectivity index (χ0n) is 20.2. The molecule has 0 atom stereocenters. The quantitative estimate of drug-likeness (QED) is 0.553. The van der Waals surface area contributed by atoms with Crippen molar-refractivity contribution in [1.29, 1.82) is 0 Å². The van der Waals surface area contributed by atoms with Gasteiger partial charge in [-0.15, -0.1) is 0 Å². The minimum Gasteiger partial charge on any atom is -0.409 e. The molecular weight excluding hydrogens is 442 g/mol. The first-order chi connectivity index (χ1) is 16.9. The monoisotopic (exact) mass is 473 g/mol. The van der Waals surface area contributed by atoms with Crippen molar-refractivity contribution in [2.45, 2.75) is 19.8 Å². The van der Waals surface area contributed by atoms with E-state index in [9.17, 15) is 9.59 Å². The maximum Gasteiger partial charge on any atom is 0.415 e. The van der Waals surface area contributed by atoms with Gasteiger partial charge in [0, 0.05) is 55.6 Å². The molecule has 35 heavy (non-hydrogen) atoms. The smallest absolute Gasteiger partial charge is 0.409 e. The van der Waals surface area contributed by atoms with Crippen LogP contribution in [-0.2, 0) is 12.8 Å². The van der Waals surface area contributed by atoms with E-state index in [0.29, 0.717) is 31.1 Å². The van der Waals surface area contributed by atoms with Crippen LogP contribution < -0.4 is 20.7 Å². The van der Waals surface area contributed by atoms with Gasteiger partial charge in [0.15, 0.2) is 0 Å². The standard InChI is InChI=1S/C27H31N5O3/c1-3-18-16-19(28)8-9-23(18)29-26(33)32-11-10-21-20-6-4-5-7-22(20)25(17-24(21)32)35-27(34)31-14-12-30(2)13-15-31/h4-9,16-17H,3,10-15,28H2,1-2H3,(H,29,33). The Morgan fingerprint density at radius 1 is 1.00 bits per heavy atom. The Kier molecular flexibility index (Phi) is 6.21. The molecule has 2 aliphatic heterocycles. The summed E-state index contributed by atoms with van der Waals surface area (Å²) >= 11 is 0. The predicted octanol–water partition coefficient (Wildman–Crippen LogP) is 4.33. The van der Waals surface area contributed by atoms with Gasteiger partial charge in [-0.3, -0.25) is 4.90 Å². The number of nitrogen functional groups attached to an aromatic ring is 1. The molecule has 0 aliphatic carbocycles. The number of anilines is 3. The van der Waals surface area contributed by atoms with Crippen LogP contribution in [0.1, 0.15) is 18.1 Å². The number of hydrogen-bond donors (Lipinski definition) is 2. The summed E-state index contributed by atoms with van der Waals surface area (Å²) in [4.78, 5) is 31.9. The molecule has 3 N–H and O–H groups in total. The van der Waals surface area contributed by atoms with Gasteiger partial charge in [0.25, 0.3) is 0 Å². The normalized spacial score (nSPS) is 15.8. The number of aryl methyl sites for hydroxylation is 1. The average Bonchev–Trinajstić information content (AvgIpc) is 3.30. The molecule has 0 unspecified atom stereocenters. The molecule has 2 aliphatic rings. The lowest BCUT2D eigenvalue weighted by Gasteiger charge is -2.31. The van der Waals surface area contributed by atoms with E-state index in [2.05, 4.69) is 10.2 Å². The third-order valence-corrected chi connectivity index (χ3v) is 6.93. The predicted molar refractivity (Wildman–Crippen MR) is 139 cm³/mol. The number of carbonyl (C=O) groups is 2.